The van der Waals surface area contributed by atoms with Crippen molar-refractivity contribution in [3.8, 4) is 11.6 Å². The number of benzene rings is 1. The van der Waals surface area contributed by atoms with Crippen LogP contribution in [-0.2, 0) is 5.41 Å². The summed E-state index contributed by atoms with van der Waals surface area (Å²) in [5.41, 5.74) is 12.5. The molecule has 0 saturated heterocycles. The minimum Gasteiger partial charge on any atom is -0.439 e. The van der Waals surface area contributed by atoms with E-state index in [1.165, 1.54) is 11.8 Å². The first-order valence-electron chi connectivity index (χ1n) is 7.23. The lowest BCUT2D eigenvalue weighted by molar-refractivity contribution is 0.1000. The molecule has 116 valence electrons. The number of nitrogens with zero attached hydrogens (tertiary/aromatic N) is 1. The number of ether oxygens (including phenoxy) is 1. The van der Waals surface area contributed by atoms with E-state index in [4.69, 9.17) is 16.2 Å². The van der Waals surface area contributed by atoms with Crippen LogP contribution in [0.1, 0.15) is 36.2 Å². The zero-order valence-corrected chi connectivity index (χ0v) is 12.9. The molecule has 1 atom stereocenters. The second-order valence-electron chi connectivity index (χ2n) is 5.49. The Morgan fingerprint density at radius 1 is 1.23 bits per heavy atom. The number of pyridine rings is 1. The molecule has 0 fully saturated rings. The topological polar surface area (TPSA) is 91.2 Å². The molecule has 0 aliphatic heterocycles. The maximum atomic E-state index is 11.0. The second-order valence-corrected chi connectivity index (χ2v) is 5.49. The van der Waals surface area contributed by atoms with Crippen LogP contribution in [0.25, 0.3) is 0 Å². The lowest BCUT2D eigenvalue weighted by atomic mass is 9.80. The molecule has 2 rings (SSSR count). The van der Waals surface area contributed by atoms with Gasteiger partial charge in [0.25, 0.3) is 0 Å². The van der Waals surface area contributed by atoms with E-state index in [1.807, 2.05) is 24.3 Å². The van der Waals surface area contributed by atoms with Crippen molar-refractivity contribution in [3.05, 3.63) is 53.7 Å². The molecule has 0 saturated carbocycles. The zero-order valence-electron chi connectivity index (χ0n) is 12.9. The Balaban J connectivity index is 2.12. The van der Waals surface area contributed by atoms with E-state index in [1.54, 1.807) is 12.1 Å². The number of carbonyl (C=O) groups excluding carboxylic acids is 1. The third-order valence-corrected chi connectivity index (χ3v) is 4.03. The minimum absolute atomic E-state index is 0.0279. The number of carbonyl (C=O) groups is 1. The highest BCUT2D eigenvalue weighted by Gasteiger charge is 2.22. The number of rotatable bonds is 6. The molecule has 0 radical (unpaired) electrons. The Labute approximate surface area is 130 Å². The van der Waals surface area contributed by atoms with Crippen LogP contribution in [0.3, 0.4) is 0 Å². The van der Waals surface area contributed by atoms with Crippen molar-refractivity contribution in [2.24, 2.45) is 11.5 Å². The normalized spacial score (nSPS) is 13.4. The fraction of sp³-hybridized carbons (Fsp3) is 0.294. The van der Waals surface area contributed by atoms with Gasteiger partial charge in [0.05, 0.1) is 5.56 Å². The van der Waals surface area contributed by atoms with E-state index in [-0.39, 0.29) is 5.41 Å². The summed E-state index contributed by atoms with van der Waals surface area (Å²) in [6.07, 6.45) is 2.37. The van der Waals surface area contributed by atoms with Gasteiger partial charge in [-0.3, -0.25) is 4.79 Å². The maximum Gasteiger partial charge on any atom is 0.250 e. The predicted octanol–water partition coefficient (Wildman–Crippen LogP) is 2.60. The monoisotopic (exact) mass is 299 g/mol. The van der Waals surface area contributed by atoms with Crippen LogP contribution in [-0.4, -0.2) is 17.4 Å². The Kier molecular flexibility index (Phi) is 4.78. The van der Waals surface area contributed by atoms with Crippen LogP contribution in [0.2, 0.25) is 0 Å². The van der Waals surface area contributed by atoms with Gasteiger partial charge in [-0.15, -0.1) is 0 Å². The standard InChI is InChI=1S/C17H21N3O2/c1-3-17(2,11-18)13-5-7-14(8-6-13)22-15-9-4-12(10-20-15)16(19)21/h4-10H,3,11,18H2,1-2H3,(H2,19,21). The third kappa shape index (κ3) is 3.43. The van der Waals surface area contributed by atoms with Gasteiger partial charge in [0, 0.05) is 24.2 Å². The molecule has 1 aromatic heterocycles. The van der Waals surface area contributed by atoms with E-state index in [0.717, 1.165) is 6.42 Å². The molecule has 1 amide bonds. The Bertz CT molecular complexity index is 632. The highest BCUT2D eigenvalue weighted by atomic mass is 16.5. The van der Waals surface area contributed by atoms with E-state index in [9.17, 15) is 4.79 Å². The zero-order chi connectivity index (χ0) is 16.2. The molecular formula is C17H21N3O2. The third-order valence-electron chi connectivity index (χ3n) is 4.03. The van der Waals surface area contributed by atoms with Crippen LogP contribution in [0, 0.1) is 0 Å². The highest BCUT2D eigenvalue weighted by Crippen LogP contribution is 2.28. The average Bonchev–Trinajstić information content (AvgIpc) is 2.55. The number of hydrogen-bond acceptors (Lipinski definition) is 4. The summed E-state index contributed by atoms with van der Waals surface area (Å²) in [4.78, 5) is 15.0. The molecule has 0 aliphatic carbocycles. The van der Waals surface area contributed by atoms with Gasteiger partial charge in [0.1, 0.15) is 5.75 Å². The number of aromatic nitrogens is 1. The Morgan fingerprint density at radius 2 is 1.91 bits per heavy atom. The maximum absolute atomic E-state index is 11.0. The largest absolute Gasteiger partial charge is 0.439 e. The first-order chi connectivity index (χ1) is 10.5. The van der Waals surface area contributed by atoms with Crippen molar-refractivity contribution in [3.63, 3.8) is 0 Å². The van der Waals surface area contributed by atoms with E-state index in [2.05, 4.69) is 18.8 Å². The summed E-state index contributed by atoms with van der Waals surface area (Å²) in [5.74, 6) is 0.581. The van der Waals surface area contributed by atoms with Crippen LogP contribution in [0.15, 0.2) is 42.6 Å². The SMILES string of the molecule is CCC(C)(CN)c1ccc(Oc2ccc(C(N)=O)cn2)cc1. The van der Waals surface area contributed by atoms with Gasteiger partial charge in [-0.1, -0.05) is 26.0 Å². The van der Waals surface area contributed by atoms with Gasteiger partial charge in [-0.2, -0.15) is 0 Å². The lowest BCUT2D eigenvalue weighted by Gasteiger charge is -2.27. The molecule has 0 spiro atoms. The molecule has 2 aromatic rings. The summed E-state index contributed by atoms with van der Waals surface area (Å²) in [7, 11) is 0. The van der Waals surface area contributed by atoms with Crippen LogP contribution in [0.4, 0.5) is 0 Å². The Morgan fingerprint density at radius 3 is 2.36 bits per heavy atom. The number of hydrogen-bond donors (Lipinski definition) is 2. The first kappa shape index (κ1) is 16.0. The van der Waals surface area contributed by atoms with Crippen molar-refractivity contribution in [1.82, 2.24) is 4.98 Å². The molecule has 22 heavy (non-hydrogen) atoms. The molecular weight excluding hydrogens is 278 g/mol. The van der Waals surface area contributed by atoms with Gasteiger partial charge < -0.3 is 16.2 Å². The van der Waals surface area contributed by atoms with E-state index in [0.29, 0.717) is 23.7 Å². The first-order valence-corrected chi connectivity index (χ1v) is 7.23. The van der Waals surface area contributed by atoms with Crippen molar-refractivity contribution >= 4 is 5.91 Å². The molecule has 1 unspecified atom stereocenters. The molecule has 0 bridgehead atoms. The smallest absolute Gasteiger partial charge is 0.250 e. The summed E-state index contributed by atoms with van der Waals surface area (Å²) in [6, 6.07) is 11.0. The summed E-state index contributed by atoms with van der Waals surface area (Å²) >= 11 is 0. The van der Waals surface area contributed by atoms with E-state index < -0.39 is 5.91 Å². The molecule has 1 aromatic carbocycles. The fourth-order valence-corrected chi connectivity index (χ4v) is 2.10. The lowest BCUT2D eigenvalue weighted by Crippen LogP contribution is -2.30. The van der Waals surface area contributed by atoms with Crippen LogP contribution < -0.4 is 16.2 Å². The predicted molar refractivity (Wildman–Crippen MR) is 86.0 cm³/mol. The quantitative estimate of drug-likeness (QED) is 0.857. The van der Waals surface area contributed by atoms with Gasteiger partial charge in [0.2, 0.25) is 11.8 Å². The Hall–Kier alpha value is -2.40. The van der Waals surface area contributed by atoms with Crippen LogP contribution in [0.5, 0.6) is 11.6 Å². The number of amides is 1. The highest BCUT2D eigenvalue weighted by molar-refractivity contribution is 5.92. The molecule has 5 nitrogen and oxygen atoms in total. The molecule has 5 heteroatoms. The van der Waals surface area contributed by atoms with E-state index >= 15 is 0 Å². The minimum atomic E-state index is -0.510. The van der Waals surface area contributed by atoms with Gasteiger partial charge in [-0.05, 0) is 30.2 Å². The van der Waals surface area contributed by atoms with Gasteiger partial charge in [-0.25, -0.2) is 4.98 Å². The number of nitrogens with two attached hydrogens (primary N) is 2. The van der Waals surface area contributed by atoms with Crippen molar-refractivity contribution in [2.75, 3.05) is 6.54 Å². The number of primary amides is 1. The summed E-state index contributed by atoms with van der Waals surface area (Å²) < 4.78 is 5.65. The van der Waals surface area contributed by atoms with Crippen molar-refractivity contribution < 1.29 is 9.53 Å². The summed E-state index contributed by atoms with van der Waals surface area (Å²) in [5, 5.41) is 0. The van der Waals surface area contributed by atoms with Gasteiger partial charge in [0.15, 0.2) is 0 Å². The van der Waals surface area contributed by atoms with Crippen molar-refractivity contribution in [2.45, 2.75) is 25.7 Å². The van der Waals surface area contributed by atoms with Gasteiger partial charge >= 0.3 is 0 Å². The molecule has 0 aliphatic rings. The molecule has 1 heterocycles. The summed E-state index contributed by atoms with van der Waals surface area (Å²) in [6.45, 7) is 4.87. The van der Waals surface area contributed by atoms with Crippen molar-refractivity contribution in [1.29, 1.82) is 0 Å². The average molecular weight is 299 g/mol. The van der Waals surface area contributed by atoms with Crippen LogP contribution >= 0.6 is 0 Å². The molecule has 4 N–H and O–H groups in total. The fourth-order valence-electron chi connectivity index (χ4n) is 2.10. The second kappa shape index (κ2) is 6.58.